The van der Waals surface area contributed by atoms with Gasteiger partial charge in [-0.2, -0.15) is 0 Å². The van der Waals surface area contributed by atoms with Crippen LogP contribution in [0.1, 0.15) is 16.1 Å². The Hall–Kier alpha value is -2.36. The highest BCUT2D eigenvalue weighted by molar-refractivity contribution is 7.98. The van der Waals surface area contributed by atoms with E-state index in [4.69, 9.17) is 19.4 Å². The molecule has 0 spiro atoms. The summed E-state index contributed by atoms with van der Waals surface area (Å²) in [5.41, 5.74) is 2.96. The summed E-state index contributed by atoms with van der Waals surface area (Å²) >= 11 is 4.67. The lowest BCUT2D eigenvalue weighted by Crippen LogP contribution is -2.19. The number of aromatic nitrogens is 3. The molecule has 0 N–H and O–H groups in total. The van der Waals surface area contributed by atoms with Crippen molar-refractivity contribution in [1.29, 1.82) is 0 Å². The lowest BCUT2D eigenvalue weighted by atomic mass is 10.2. The number of methoxy groups -OCH3 is 2. The Kier molecular flexibility index (Phi) is 5.86. The largest absolute Gasteiger partial charge is 0.493 e. The molecule has 0 aliphatic rings. The van der Waals surface area contributed by atoms with Crippen molar-refractivity contribution >= 4 is 44.7 Å². The molecule has 0 amide bonds. The van der Waals surface area contributed by atoms with Crippen molar-refractivity contribution in [3.8, 4) is 22.1 Å². The molecule has 6 nitrogen and oxygen atoms in total. The predicted octanol–water partition coefficient (Wildman–Crippen LogP) is 5.04. The van der Waals surface area contributed by atoms with Crippen LogP contribution in [-0.4, -0.2) is 28.8 Å². The minimum atomic E-state index is 0.00800. The van der Waals surface area contributed by atoms with Gasteiger partial charge in [0, 0.05) is 28.6 Å². The summed E-state index contributed by atoms with van der Waals surface area (Å²) in [7, 11) is 5.02. The van der Waals surface area contributed by atoms with Gasteiger partial charge < -0.3 is 9.47 Å². The quantitative estimate of drug-likeness (QED) is 0.297. The van der Waals surface area contributed by atoms with Crippen molar-refractivity contribution in [2.45, 2.75) is 24.8 Å². The summed E-state index contributed by atoms with van der Waals surface area (Å²) in [5, 5.41) is 4.38. The van der Waals surface area contributed by atoms with Crippen LogP contribution in [0.2, 0.25) is 0 Å². The van der Waals surface area contributed by atoms with Crippen LogP contribution < -0.4 is 15.0 Å². The van der Waals surface area contributed by atoms with Gasteiger partial charge in [-0.15, -0.1) is 22.7 Å². The maximum absolute atomic E-state index is 12.8. The van der Waals surface area contributed by atoms with Crippen LogP contribution in [0.15, 0.2) is 33.5 Å². The molecule has 0 saturated heterocycles. The van der Waals surface area contributed by atoms with Gasteiger partial charge in [0.2, 0.25) is 0 Å². The van der Waals surface area contributed by atoms with E-state index in [0.717, 1.165) is 36.9 Å². The second-order valence-electron chi connectivity index (χ2n) is 6.72. The Labute approximate surface area is 186 Å². The fourth-order valence-corrected chi connectivity index (χ4v) is 5.96. The van der Waals surface area contributed by atoms with Crippen molar-refractivity contribution in [2.75, 3.05) is 14.2 Å². The average Bonchev–Trinajstić information content (AvgIpc) is 3.33. The number of aryl methyl sites for hydroxylation is 2. The second-order valence-corrected chi connectivity index (χ2v) is 9.73. The number of hydrogen-bond donors (Lipinski definition) is 0. The molecule has 9 heteroatoms. The first-order chi connectivity index (χ1) is 14.4. The molecule has 4 aromatic rings. The maximum atomic E-state index is 12.8. The van der Waals surface area contributed by atoms with Gasteiger partial charge >= 0.3 is 0 Å². The number of fused-ring (bicyclic) bond motifs is 1. The Morgan fingerprint density at radius 1 is 1.13 bits per heavy atom. The summed E-state index contributed by atoms with van der Waals surface area (Å²) in [5.74, 6) is 2.00. The molecule has 1 aromatic carbocycles. The predicted molar refractivity (Wildman–Crippen MR) is 125 cm³/mol. The van der Waals surface area contributed by atoms with Gasteiger partial charge in [0.05, 0.1) is 25.3 Å². The van der Waals surface area contributed by atoms with Gasteiger partial charge in [0.25, 0.3) is 5.56 Å². The van der Waals surface area contributed by atoms with Gasteiger partial charge in [0.1, 0.15) is 9.84 Å². The van der Waals surface area contributed by atoms with E-state index in [-0.39, 0.29) is 5.56 Å². The van der Waals surface area contributed by atoms with Crippen LogP contribution >= 0.6 is 34.4 Å². The summed E-state index contributed by atoms with van der Waals surface area (Å²) in [6, 6.07) is 5.77. The van der Waals surface area contributed by atoms with Crippen LogP contribution in [0, 0.1) is 13.8 Å². The SMILES string of the molecule is COc1ccc(-c2nc(CSc3nc4sc(C)c(C)c4c(=O)n3C)cs2)cc1OC. The summed E-state index contributed by atoms with van der Waals surface area (Å²) in [4.78, 5) is 24.2. The molecule has 4 rings (SSSR count). The van der Waals surface area contributed by atoms with Crippen LogP contribution in [0.4, 0.5) is 0 Å². The molecule has 0 atom stereocenters. The van der Waals surface area contributed by atoms with Gasteiger partial charge in [-0.25, -0.2) is 9.97 Å². The normalized spacial score (nSPS) is 11.2. The Morgan fingerprint density at radius 2 is 1.90 bits per heavy atom. The maximum Gasteiger partial charge on any atom is 0.262 e. The molecule has 0 aliphatic heterocycles. The molecule has 30 heavy (non-hydrogen) atoms. The first kappa shape index (κ1) is 20.9. The summed E-state index contributed by atoms with van der Waals surface area (Å²) in [6.07, 6.45) is 0. The summed E-state index contributed by atoms with van der Waals surface area (Å²) < 4.78 is 12.3. The molecular weight excluding hydrogens is 438 g/mol. The number of ether oxygens (including phenoxy) is 2. The Morgan fingerprint density at radius 3 is 2.63 bits per heavy atom. The topological polar surface area (TPSA) is 66.2 Å². The van der Waals surface area contributed by atoms with Crippen molar-refractivity contribution in [3.05, 3.63) is 50.1 Å². The van der Waals surface area contributed by atoms with Crippen molar-refractivity contribution in [1.82, 2.24) is 14.5 Å². The zero-order valence-corrected chi connectivity index (χ0v) is 19.8. The van der Waals surface area contributed by atoms with E-state index in [1.807, 2.05) is 37.4 Å². The molecule has 0 unspecified atom stereocenters. The van der Waals surface area contributed by atoms with Crippen LogP contribution in [0.3, 0.4) is 0 Å². The van der Waals surface area contributed by atoms with Crippen LogP contribution in [0.25, 0.3) is 20.8 Å². The van der Waals surface area contributed by atoms with Gasteiger partial charge in [-0.05, 0) is 37.6 Å². The first-order valence-corrected chi connectivity index (χ1v) is 11.9. The van der Waals surface area contributed by atoms with E-state index in [1.54, 1.807) is 48.5 Å². The van der Waals surface area contributed by atoms with Gasteiger partial charge in [0.15, 0.2) is 16.7 Å². The molecule has 0 fully saturated rings. The number of rotatable bonds is 6. The molecule has 3 heterocycles. The van der Waals surface area contributed by atoms with E-state index < -0.39 is 0 Å². The lowest BCUT2D eigenvalue weighted by Gasteiger charge is -2.08. The smallest absolute Gasteiger partial charge is 0.262 e. The number of hydrogen-bond acceptors (Lipinski definition) is 8. The third-order valence-electron chi connectivity index (χ3n) is 4.90. The fourth-order valence-electron chi connectivity index (χ4n) is 3.10. The second kappa shape index (κ2) is 8.41. The number of thiophene rings is 1. The van der Waals surface area contributed by atoms with E-state index in [0.29, 0.717) is 22.4 Å². The van der Waals surface area contributed by atoms with E-state index in [2.05, 4.69) is 0 Å². The van der Waals surface area contributed by atoms with E-state index >= 15 is 0 Å². The zero-order chi connectivity index (χ0) is 21.4. The first-order valence-electron chi connectivity index (χ1n) is 9.19. The molecule has 0 bridgehead atoms. The number of thioether (sulfide) groups is 1. The van der Waals surface area contributed by atoms with Crippen LogP contribution in [0.5, 0.6) is 11.5 Å². The average molecular weight is 460 g/mol. The molecule has 156 valence electrons. The third-order valence-corrected chi connectivity index (χ3v) is 8.01. The molecule has 0 radical (unpaired) electrons. The van der Waals surface area contributed by atoms with Crippen molar-refractivity contribution in [3.63, 3.8) is 0 Å². The highest BCUT2D eigenvalue weighted by atomic mass is 32.2. The minimum absolute atomic E-state index is 0.00800. The lowest BCUT2D eigenvalue weighted by molar-refractivity contribution is 0.355. The highest BCUT2D eigenvalue weighted by Crippen LogP contribution is 2.34. The molecule has 0 aliphatic carbocycles. The number of nitrogens with zero attached hydrogens (tertiary/aromatic N) is 3. The minimum Gasteiger partial charge on any atom is -0.493 e. The van der Waals surface area contributed by atoms with Gasteiger partial charge in [-0.3, -0.25) is 9.36 Å². The van der Waals surface area contributed by atoms with Crippen LogP contribution in [-0.2, 0) is 12.8 Å². The van der Waals surface area contributed by atoms with Gasteiger partial charge in [-0.1, -0.05) is 11.8 Å². The van der Waals surface area contributed by atoms with Crippen molar-refractivity contribution in [2.24, 2.45) is 7.05 Å². The monoisotopic (exact) mass is 459 g/mol. The Bertz CT molecular complexity index is 1290. The molecular formula is C21H21N3O3S3. The van der Waals surface area contributed by atoms with E-state index in [9.17, 15) is 4.79 Å². The number of thiazole rings is 1. The Balaban J connectivity index is 1.57. The number of benzene rings is 1. The highest BCUT2D eigenvalue weighted by Gasteiger charge is 2.16. The van der Waals surface area contributed by atoms with Crippen molar-refractivity contribution < 1.29 is 9.47 Å². The summed E-state index contributed by atoms with van der Waals surface area (Å²) in [6.45, 7) is 4.01. The molecule has 3 aromatic heterocycles. The molecule has 0 saturated carbocycles. The standard InChI is InChI=1S/C21H21N3O3S3/c1-11-12(2)30-19-17(11)20(25)24(3)21(23-19)29-10-14-9-28-18(22-14)13-6-7-15(26-4)16(8-13)27-5/h6-9H,10H2,1-5H3. The van der Waals surface area contributed by atoms with E-state index in [1.165, 1.54) is 11.8 Å². The fraction of sp³-hybridized carbons (Fsp3) is 0.286. The zero-order valence-electron chi connectivity index (χ0n) is 17.3. The third kappa shape index (κ3) is 3.73.